The van der Waals surface area contributed by atoms with Gasteiger partial charge in [0, 0.05) is 12.5 Å². The van der Waals surface area contributed by atoms with Crippen LogP contribution in [0.15, 0.2) is 24.3 Å². The Labute approximate surface area is 148 Å². The van der Waals surface area contributed by atoms with Crippen molar-refractivity contribution in [2.75, 3.05) is 17.1 Å². The first-order valence-corrected chi connectivity index (χ1v) is 10.1. The Morgan fingerprint density at radius 3 is 2.44 bits per heavy atom. The smallest absolute Gasteiger partial charge is 0.408 e. The molecule has 8 heteroatoms. The van der Waals surface area contributed by atoms with Crippen LogP contribution in [0.1, 0.15) is 38.7 Å². The number of carbonyl (C=O) groups is 1. The largest absolute Gasteiger partial charge is 0.465 e. The number of para-hydroxylation sites is 1. The van der Waals surface area contributed by atoms with E-state index in [1.165, 1.54) is 15.5 Å². The normalized spacial score (nSPS) is 29.3. The lowest BCUT2D eigenvalue weighted by atomic mass is 9.65. The minimum Gasteiger partial charge on any atom is -0.465 e. The summed E-state index contributed by atoms with van der Waals surface area (Å²) in [5.41, 5.74) is 6.39. The van der Waals surface area contributed by atoms with E-state index in [9.17, 15) is 18.3 Å². The maximum Gasteiger partial charge on any atom is 0.408 e. The summed E-state index contributed by atoms with van der Waals surface area (Å²) in [7, 11) is -3.51. The molecule has 25 heavy (non-hydrogen) atoms. The molecule has 138 valence electrons. The fourth-order valence-corrected chi connectivity index (χ4v) is 5.69. The van der Waals surface area contributed by atoms with Crippen LogP contribution in [0.25, 0.3) is 0 Å². The molecule has 3 unspecified atom stereocenters. The van der Waals surface area contributed by atoms with E-state index >= 15 is 0 Å². The summed E-state index contributed by atoms with van der Waals surface area (Å²) in [5, 5.41) is 9.74. The molecule has 1 amide bonds. The number of nitrogens with zero attached hydrogens (tertiary/aromatic N) is 2. The second kappa shape index (κ2) is 5.35. The topological polar surface area (TPSA) is 104 Å². The zero-order valence-electron chi connectivity index (χ0n) is 14.9. The number of anilines is 1. The van der Waals surface area contributed by atoms with Gasteiger partial charge in [0.25, 0.3) is 0 Å². The molecular weight excluding hydrogens is 342 g/mol. The van der Waals surface area contributed by atoms with Gasteiger partial charge < -0.3 is 10.8 Å². The van der Waals surface area contributed by atoms with Crippen LogP contribution in [-0.2, 0) is 10.0 Å². The number of benzene rings is 1. The number of fused-ring (bicyclic) bond motifs is 3. The Kier molecular flexibility index (Phi) is 3.85. The second-order valence-electron chi connectivity index (χ2n) is 7.96. The molecule has 1 saturated heterocycles. The van der Waals surface area contributed by atoms with Crippen LogP contribution in [0.2, 0.25) is 0 Å². The summed E-state index contributed by atoms with van der Waals surface area (Å²) >= 11 is 0. The van der Waals surface area contributed by atoms with Crippen molar-refractivity contribution in [1.82, 2.24) is 4.90 Å². The number of rotatable bonds is 1. The van der Waals surface area contributed by atoms with E-state index in [4.69, 9.17) is 5.73 Å². The van der Waals surface area contributed by atoms with Gasteiger partial charge in [0.05, 0.1) is 18.0 Å². The van der Waals surface area contributed by atoms with Gasteiger partial charge >= 0.3 is 6.09 Å². The van der Waals surface area contributed by atoms with E-state index in [1.807, 2.05) is 32.9 Å². The first-order chi connectivity index (χ1) is 11.4. The molecule has 3 atom stereocenters. The van der Waals surface area contributed by atoms with Crippen molar-refractivity contribution < 1.29 is 18.3 Å². The third-order valence-electron chi connectivity index (χ3n) is 5.55. The van der Waals surface area contributed by atoms with Crippen molar-refractivity contribution in [2.45, 2.75) is 44.8 Å². The van der Waals surface area contributed by atoms with E-state index in [0.29, 0.717) is 12.1 Å². The lowest BCUT2D eigenvalue weighted by Crippen LogP contribution is -2.73. The lowest BCUT2D eigenvalue weighted by molar-refractivity contribution is -0.0399. The first-order valence-electron chi connectivity index (χ1n) is 8.28. The molecule has 2 heterocycles. The van der Waals surface area contributed by atoms with Crippen LogP contribution >= 0.6 is 0 Å². The molecule has 0 saturated carbocycles. The Hall–Kier alpha value is -1.80. The maximum absolute atomic E-state index is 12.5. The standard InChI is InChI=1S/C17H25N3O4S/c1-16(2,3)17(18)14-11-7-5-6-8-12(11)20(25(4,23)24)13(14)9-10-19(17)15(21)22/h5-8,13-14H,9-10,18H2,1-4H3,(H,21,22). The summed E-state index contributed by atoms with van der Waals surface area (Å²) < 4.78 is 26.4. The number of sulfonamides is 1. The summed E-state index contributed by atoms with van der Waals surface area (Å²) in [4.78, 5) is 13.2. The van der Waals surface area contributed by atoms with Crippen molar-refractivity contribution in [2.24, 2.45) is 11.1 Å². The molecule has 0 aliphatic carbocycles. The van der Waals surface area contributed by atoms with Crippen LogP contribution < -0.4 is 10.0 Å². The molecule has 7 nitrogen and oxygen atoms in total. The zero-order valence-corrected chi connectivity index (χ0v) is 15.7. The average Bonchev–Trinajstić information content (AvgIpc) is 2.80. The van der Waals surface area contributed by atoms with Gasteiger partial charge in [-0.3, -0.25) is 9.21 Å². The molecule has 1 aromatic carbocycles. The average molecular weight is 367 g/mol. The van der Waals surface area contributed by atoms with E-state index in [0.717, 1.165) is 5.56 Å². The number of nitrogens with two attached hydrogens (primary N) is 1. The van der Waals surface area contributed by atoms with Gasteiger partial charge in [-0.15, -0.1) is 0 Å². The second-order valence-corrected chi connectivity index (χ2v) is 9.82. The van der Waals surface area contributed by atoms with Crippen LogP contribution in [0.4, 0.5) is 10.5 Å². The highest BCUT2D eigenvalue weighted by molar-refractivity contribution is 7.92. The van der Waals surface area contributed by atoms with Crippen molar-refractivity contribution >= 4 is 21.8 Å². The summed E-state index contributed by atoms with van der Waals surface area (Å²) in [5.74, 6) is -0.428. The quantitative estimate of drug-likeness (QED) is 0.790. The van der Waals surface area contributed by atoms with Crippen LogP contribution in [0, 0.1) is 5.41 Å². The minimum atomic E-state index is -3.51. The van der Waals surface area contributed by atoms with Gasteiger partial charge in [0.15, 0.2) is 0 Å². The van der Waals surface area contributed by atoms with E-state index in [1.54, 1.807) is 12.1 Å². The van der Waals surface area contributed by atoms with Crippen molar-refractivity contribution in [3.8, 4) is 0 Å². The Morgan fingerprint density at radius 1 is 1.32 bits per heavy atom. The van der Waals surface area contributed by atoms with Crippen molar-refractivity contribution in [3.63, 3.8) is 0 Å². The number of carboxylic acid groups (broad SMARTS) is 1. The van der Waals surface area contributed by atoms with Gasteiger partial charge in [0.2, 0.25) is 10.0 Å². The highest BCUT2D eigenvalue weighted by atomic mass is 32.2. The van der Waals surface area contributed by atoms with Crippen LogP contribution in [0.3, 0.4) is 0 Å². The van der Waals surface area contributed by atoms with E-state index in [-0.39, 0.29) is 12.6 Å². The Bertz CT molecular complexity index is 817. The van der Waals surface area contributed by atoms with Crippen molar-refractivity contribution in [1.29, 1.82) is 0 Å². The summed E-state index contributed by atoms with van der Waals surface area (Å²) in [6.07, 6.45) is 0.518. The van der Waals surface area contributed by atoms with Gasteiger partial charge in [-0.1, -0.05) is 39.0 Å². The lowest BCUT2D eigenvalue weighted by Gasteiger charge is -2.56. The van der Waals surface area contributed by atoms with Gasteiger partial charge in [-0.2, -0.15) is 0 Å². The maximum atomic E-state index is 12.5. The Balaban J connectivity index is 2.28. The highest BCUT2D eigenvalue weighted by Crippen LogP contribution is 2.55. The number of piperidine rings is 1. The molecule has 1 aromatic rings. The number of likely N-dealkylation sites (tertiary alicyclic amines) is 1. The highest BCUT2D eigenvalue weighted by Gasteiger charge is 2.61. The summed E-state index contributed by atoms with van der Waals surface area (Å²) in [6.45, 7) is 5.90. The van der Waals surface area contributed by atoms with Gasteiger partial charge in [0.1, 0.15) is 5.66 Å². The SMILES string of the molecule is CC(C)(C)C1(N)C2c3ccccc3N(S(C)(=O)=O)C2CCN1C(=O)O. The molecule has 1 fully saturated rings. The molecule has 3 N–H and O–H groups in total. The monoisotopic (exact) mass is 367 g/mol. The van der Waals surface area contributed by atoms with E-state index < -0.39 is 33.1 Å². The van der Waals surface area contributed by atoms with Gasteiger partial charge in [-0.05, 0) is 23.5 Å². The van der Waals surface area contributed by atoms with Crippen molar-refractivity contribution in [3.05, 3.63) is 29.8 Å². The van der Waals surface area contributed by atoms with Crippen LogP contribution in [-0.4, -0.2) is 49.0 Å². The van der Waals surface area contributed by atoms with Crippen LogP contribution in [0.5, 0.6) is 0 Å². The molecule has 0 radical (unpaired) electrons. The molecule has 0 aromatic heterocycles. The Morgan fingerprint density at radius 2 is 1.92 bits per heavy atom. The fraction of sp³-hybridized carbons (Fsp3) is 0.588. The summed E-state index contributed by atoms with van der Waals surface area (Å²) in [6, 6.07) is 6.87. The minimum absolute atomic E-state index is 0.199. The first kappa shape index (κ1) is 18.0. The predicted octanol–water partition coefficient (Wildman–Crippen LogP) is 2.00. The third-order valence-corrected chi connectivity index (χ3v) is 6.74. The number of hydrogen-bond donors (Lipinski definition) is 2. The predicted molar refractivity (Wildman–Crippen MR) is 96.0 cm³/mol. The molecule has 2 aliphatic heterocycles. The fourth-order valence-electron chi connectivity index (χ4n) is 4.45. The number of hydrogen-bond acceptors (Lipinski definition) is 4. The molecule has 0 spiro atoms. The molecular formula is C17H25N3O4S. The molecule has 2 aliphatic rings. The number of amides is 1. The third kappa shape index (κ3) is 2.42. The molecule has 3 rings (SSSR count). The van der Waals surface area contributed by atoms with E-state index in [2.05, 4.69) is 0 Å². The zero-order chi connectivity index (χ0) is 18.8. The van der Waals surface area contributed by atoms with Gasteiger partial charge in [-0.25, -0.2) is 13.2 Å². The molecule has 0 bridgehead atoms.